The minimum absolute atomic E-state index is 0.368. The molecule has 1 unspecified atom stereocenters. The van der Waals surface area contributed by atoms with Gasteiger partial charge < -0.3 is 0 Å². The quantitative estimate of drug-likeness (QED) is 0.498. The van der Waals surface area contributed by atoms with Crippen molar-refractivity contribution in [3.8, 4) is 0 Å². The van der Waals surface area contributed by atoms with Gasteiger partial charge in [-0.15, -0.1) is 0 Å². The molecule has 2 rings (SSSR count). The van der Waals surface area contributed by atoms with E-state index in [-0.39, 0.29) is 0 Å². The number of rotatable bonds is 0. The van der Waals surface area contributed by atoms with Crippen LogP contribution in [0.1, 0.15) is 33.6 Å². The Morgan fingerprint density at radius 3 is 2.42 bits per heavy atom. The summed E-state index contributed by atoms with van der Waals surface area (Å²) in [6.07, 6.45) is 2.69. The summed E-state index contributed by atoms with van der Waals surface area (Å²) >= 11 is 0. The van der Waals surface area contributed by atoms with E-state index in [9.17, 15) is 0 Å². The number of hydrogen-bond acceptors (Lipinski definition) is 1. The maximum absolute atomic E-state index is 4.20. The van der Waals surface area contributed by atoms with Crippen LogP contribution >= 0.6 is 0 Å². The fourth-order valence-electron chi connectivity index (χ4n) is 3.14. The first-order valence-corrected chi connectivity index (χ1v) is 4.92. The smallest absolute Gasteiger partial charge is 0.0482 e. The molecule has 2 aliphatic heterocycles. The summed E-state index contributed by atoms with van der Waals surface area (Å²) in [7, 11) is 0. The number of nitrogens with zero attached hydrogens (tertiary/aromatic N) is 1. The van der Waals surface area contributed by atoms with Gasteiger partial charge in [0, 0.05) is 12.1 Å². The van der Waals surface area contributed by atoms with Gasteiger partial charge in [-0.05, 0) is 30.4 Å². The highest BCUT2D eigenvalue weighted by atomic mass is 15.3. The number of hydrogen-bond donors (Lipinski definition) is 0. The minimum Gasteiger partial charge on any atom is -0.289 e. The van der Waals surface area contributed by atoms with Gasteiger partial charge in [0.05, 0.1) is 0 Å². The predicted molar refractivity (Wildman–Crippen MR) is 52.1 cm³/mol. The van der Waals surface area contributed by atoms with E-state index in [2.05, 4.69) is 32.3 Å². The maximum atomic E-state index is 4.20. The summed E-state index contributed by atoms with van der Waals surface area (Å²) in [6.45, 7) is 13.7. The average Bonchev–Trinajstić information content (AvgIpc) is 2.24. The molecule has 0 saturated carbocycles. The van der Waals surface area contributed by atoms with Crippen molar-refractivity contribution in [2.45, 2.75) is 39.2 Å². The molecule has 2 fully saturated rings. The lowest BCUT2D eigenvalue weighted by Crippen LogP contribution is -2.64. The lowest BCUT2D eigenvalue weighted by molar-refractivity contribution is 0.00486. The first-order chi connectivity index (χ1) is 5.48. The summed E-state index contributed by atoms with van der Waals surface area (Å²) in [4.78, 5) is 2.61. The third-order valence-corrected chi connectivity index (χ3v) is 3.71. The maximum Gasteiger partial charge on any atom is 0.0482 e. The van der Waals surface area contributed by atoms with Crippen molar-refractivity contribution in [3.05, 3.63) is 12.2 Å². The monoisotopic (exact) mass is 165 g/mol. The summed E-state index contributed by atoms with van der Waals surface area (Å²) in [5.41, 5.74) is 2.21. The van der Waals surface area contributed by atoms with Crippen molar-refractivity contribution < 1.29 is 0 Å². The van der Waals surface area contributed by atoms with Crippen molar-refractivity contribution in [2.75, 3.05) is 13.1 Å². The summed E-state index contributed by atoms with van der Waals surface area (Å²) < 4.78 is 0. The van der Waals surface area contributed by atoms with Crippen LogP contribution in [0.5, 0.6) is 0 Å². The van der Waals surface area contributed by atoms with Crippen molar-refractivity contribution in [3.63, 3.8) is 0 Å². The molecule has 1 heteroatoms. The van der Waals surface area contributed by atoms with E-state index in [0.717, 1.165) is 6.54 Å². The Kier molecular flexibility index (Phi) is 1.48. The molecule has 1 nitrogen and oxygen atoms in total. The van der Waals surface area contributed by atoms with Crippen molar-refractivity contribution in [2.24, 2.45) is 5.41 Å². The number of fused-ring (bicyclic) bond motifs is 1. The molecule has 2 aliphatic rings. The molecular formula is C11H19N. The second-order valence-electron chi connectivity index (χ2n) is 5.24. The van der Waals surface area contributed by atoms with E-state index in [1.807, 2.05) is 0 Å². The summed E-state index contributed by atoms with van der Waals surface area (Å²) in [6, 6.07) is 0. The zero-order chi connectivity index (χ0) is 8.98. The predicted octanol–water partition coefficient (Wildman–Crippen LogP) is 2.44. The Bertz CT molecular complexity index is 224. The van der Waals surface area contributed by atoms with Crippen LogP contribution in [0.4, 0.5) is 0 Å². The van der Waals surface area contributed by atoms with E-state index < -0.39 is 0 Å². The van der Waals surface area contributed by atoms with Crippen molar-refractivity contribution in [1.82, 2.24) is 4.90 Å². The first-order valence-electron chi connectivity index (χ1n) is 4.92. The largest absolute Gasteiger partial charge is 0.289 e. The Balaban J connectivity index is 2.34. The molecule has 0 aromatic rings. The van der Waals surface area contributed by atoms with Gasteiger partial charge in [0.1, 0.15) is 0 Å². The first kappa shape index (κ1) is 8.31. The molecule has 0 radical (unpaired) electrons. The fourth-order valence-corrected chi connectivity index (χ4v) is 3.14. The van der Waals surface area contributed by atoms with Gasteiger partial charge in [-0.3, -0.25) is 4.90 Å². The highest BCUT2D eigenvalue weighted by Gasteiger charge is 2.57. The van der Waals surface area contributed by atoms with Crippen molar-refractivity contribution in [1.29, 1.82) is 0 Å². The molecule has 0 aromatic carbocycles. The zero-order valence-electron chi connectivity index (χ0n) is 8.48. The average molecular weight is 165 g/mol. The standard InChI is InChI=1S/C11H19N/c1-9-8-12-7-5-6-11(9,12)10(2,3)4/h1,5-8H2,2-4H3. The third-order valence-electron chi connectivity index (χ3n) is 3.71. The minimum atomic E-state index is 0.368. The molecule has 2 saturated heterocycles. The van der Waals surface area contributed by atoms with E-state index in [0.29, 0.717) is 11.0 Å². The summed E-state index contributed by atoms with van der Waals surface area (Å²) in [5.74, 6) is 0. The molecular weight excluding hydrogens is 146 g/mol. The summed E-state index contributed by atoms with van der Waals surface area (Å²) in [5, 5.41) is 0. The van der Waals surface area contributed by atoms with Gasteiger partial charge in [0.15, 0.2) is 0 Å². The molecule has 0 N–H and O–H groups in total. The van der Waals surface area contributed by atoms with Crippen LogP contribution in [-0.4, -0.2) is 23.5 Å². The molecule has 0 aromatic heterocycles. The molecule has 1 atom stereocenters. The second kappa shape index (κ2) is 2.14. The van der Waals surface area contributed by atoms with Crippen LogP contribution in [0.2, 0.25) is 0 Å². The van der Waals surface area contributed by atoms with Gasteiger partial charge in [-0.2, -0.15) is 0 Å². The van der Waals surface area contributed by atoms with E-state index in [1.54, 1.807) is 0 Å². The zero-order valence-corrected chi connectivity index (χ0v) is 8.48. The highest BCUT2D eigenvalue weighted by Crippen LogP contribution is 2.54. The van der Waals surface area contributed by atoms with Crippen LogP contribution in [0.15, 0.2) is 12.2 Å². The Hall–Kier alpha value is -0.300. The van der Waals surface area contributed by atoms with Crippen LogP contribution in [0.25, 0.3) is 0 Å². The third kappa shape index (κ3) is 0.731. The van der Waals surface area contributed by atoms with Gasteiger partial charge in [0.25, 0.3) is 0 Å². The van der Waals surface area contributed by atoms with Gasteiger partial charge in [0.2, 0.25) is 0 Å². The normalized spacial score (nSPS) is 36.4. The Morgan fingerprint density at radius 1 is 1.42 bits per heavy atom. The molecule has 68 valence electrons. The van der Waals surface area contributed by atoms with Gasteiger partial charge in [-0.1, -0.05) is 27.4 Å². The Morgan fingerprint density at radius 2 is 2.08 bits per heavy atom. The SMILES string of the molecule is C=C1CN2CCCC12C(C)(C)C. The molecule has 2 heterocycles. The van der Waals surface area contributed by atoms with Gasteiger partial charge in [-0.25, -0.2) is 0 Å². The van der Waals surface area contributed by atoms with Crippen LogP contribution in [0, 0.1) is 5.41 Å². The van der Waals surface area contributed by atoms with Crippen LogP contribution in [-0.2, 0) is 0 Å². The molecule has 0 spiro atoms. The molecule has 12 heavy (non-hydrogen) atoms. The highest BCUT2D eigenvalue weighted by molar-refractivity contribution is 5.34. The topological polar surface area (TPSA) is 3.24 Å². The lowest BCUT2D eigenvalue weighted by atomic mass is 9.63. The van der Waals surface area contributed by atoms with Crippen LogP contribution < -0.4 is 0 Å². The van der Waals surface area contributed by atoms with E-state index in [4.69, 9.17) is 0 Å². The Labute approximate surface area is 75.4 Å². The lowest BCUT2D eigenvalue weighted by Gasteiger charge is -2.58. The van der Waals surface area contributed by atoms with Gasteiger partial charge >= 0.3 is 0 Å². The molecule has 0 aliphatic carbocycles. The molecule has 0 bridgehead atoms. The van der Waals surface area contributed by atoms with Crippen molar-refractivity contribution >= 4 is 0 Å². The van der Waals surface area contributed by atoms with Crippen LogP contribution in [0.3, 0.4) is 0 Å². The van der Waals surface area contributed by atoms with E-state index in [1.165, 1.54) is 25.0 Å². The fraction of sp³-hybridized carbons (Fsp3) is 0.818. The molecule has 0 amide bonds. The van der Waals surface area contributed by atoms with E-state index >= 15 is 0 Å². The second-order valence-corrected chi connectivity index (χ2v) is 5.24.